The minimum atomic E-state index is -0.809. The zero-order valence-electron chi connectivity index (χ0n) is 35.9. The molecule has 4 amide bonds. The number of ether oxygens (including phenoxy) is 1. The number of halogens is 5. The van der Waals surface area contributed by atoms with Crippen molar-refractivity contribution in [3.63, 3.8) is 0 Å². The lowest BCUT2D eigenvalue weighted by Gasteiger charge is -2.35. The summed E-state index contributed by atoms with van der Waals surface area (Å²) in [6.07, 6.45) is 4.60. The molecule has 3 saturated heterocycles. The summed E-state index contributed by atoms with van der Waals surface area (Å²) in [5.74, 6) is -2.89. The highest BCUT2D eigenvalue weighted by Gasteiger charge is 2.41. The van der Waals surface area contributed by atoms with Crippen LogP contribution in [0.1, 0.15) is 64.2 Å². The standard InChI is InChI=1S/C49H46Cl2F3N7O5/c1-28(50)48(64)60-20-18-59(19-21-60)46-35-25-37(51)42(44(54)45(35)55-27-56-46)43-38(53)3-2-4-40(43)66-22-14-30-7-5-29(6-8-30)11-15-58-16-12-31(13-17-58)33-23-32(52)24-34-36(33)26-61(49(34)65)39-9-10-41(62)57-47(39)63/h2-8,23-25,27,31,39H,1,9-22,26H2,(H,57,62,63). The molecule has 4 aromatic carbocycles. The second kappa shape index (κ2) is 19.1. The highest BCUT2D eigenvalue weighted by atomic mass is 35.5. The fourth-order valence-electron chi connectivity index (χ4n) is 9.68. The molecule has 1 atom stereocenters. The molecule has 4 aliphatic heterocycles. The van der Waals surface area contributed by atoms with Gasteiger partial charge in [0.1, 0.15) is 41.1 Å². The Morgan fingerprint density at radius 1 is 0.879 bits per heavy atom. The monoisotopic (exact) mass is 939 g/mol. The maximum atomic E-state index is 16.5. The fraction of sp³-hybridized carbons (Fsp3) is 0.347. The van der Waals surface area contributed by atoms with Gasteiger partial charge in [-0.05, 0) is 97.3 Å². The Kier molecular flexibility index (Phi) is 13.0. The number of aromatic nitrogens is 2. The van der Waals surface area contributed by atoms with E-state index in [2.05, 4.69) is 38.9 Å². The molecule has 5 heterocycles. The van der Waals surface area contributed by atoms with E-state index in [0.29, 0.717) is 49.4 Å². The Morgan fingerprint density at radius 3 is 2.32 bits per heavy atom. The molecule has 1 unspecified atom stereocenters. The Bertz CT molecular complexity index is 2760. The molecule has 0 saturated carbocycles. The molecular weight excluding hydrogens is 894 g/mol. The largest absolute Gasteiger partial charge is 0.492 e. The van der Waals surface area contributed by atoms with Crippen LogP contribution < -0.4 is 15.0 Å². The van der Waals surface area contributed by atoms with Crippen LogP contribution in [0.2, 0.25) is 5.02 Å². The van der Waals surface area contributed by atoms with Crippen molar-refractivity contribution in [1.29, 1.82) is 0 Å². The molecule has 12 nitrogen and oxygen atoms in total. The van der Waals surface area contributed by atoms with Gasteiger partial charge in [-0.3, -0.25) is 24.5 Å². The summed E-state index contributed by atoms with van der Waals surface area (Å²) in [7, 11) is 0. The van der Waals surface area contributed by atoms with E-state index in [4.69, 9.17) is 27.9 Å². The van der Waals surface area contributed by atoms with Crippen LogP contribution in [0.3, 0.4) is 0 Å². The molecule has 3 fully saturated rings. The zero-order valence-corrected chi connectivity index (χ0v) is 37.4. The van der Waals surface area contributed by atoms with Gasteiger partial charge in [0.2, 0.25) is 11.8 Å². The van der Waals surface area contributed by atoms with Gasteiger partial charge in [-0.2, -0.15) is 0 Å². The molecule has 1 aromatic heterocycles. The average Bonchev–Trinajstić information content (AvgIpc) is 3.63. The molecule has 9 rings (SSSR count). The second-order valence-electron chi connectivity index (χ2n) is 17.1. The second-order valence-corrected chi connectivity index (χ2v) is 18.0. The van der Waals surface area contributed by atoms with Gasteiger partial charge >= 0.3 is 0 Å². The lowest BCUT2D eigenvalue weighted by molar-refractivity contribution is -0.137. The average molecular weight is 941 g/mol. The smallest absolute Gasteiger partial charge is 0.264 e. The number of piperidine rings is 2. The fourth-order valence-corrected chi connectivity index (χ4v) is 10.1. The predicted octanol–water partition coefficient (Wildman–Crippen LogP) is 7.57. The van der Waals surface area contributed by atoms with Crippen molar-refractivity contribution in [3.05, 3.63) is 129 Å². The number of hydrogen-bond donors (Lipinski definition) is 1. The lowest BCUT2D eigenvalue weighted by atomic mass is 9.85. The number of likely N-dealkylation sites (tertiary alicyclic amines) is 1. The van der Waals surface area contributed by atoms with Crippen LogP contribution in [-0.2, 0) is 33.8 Å². The maximum absolute atomic E-state index is 16.5. The van der Waals surface area contributed by atoms with Crippen LogP contribution in [0.4, 0.5) is 19.0 Å². The number of piperazine rings is 1. The minimum absolute atomic E-state index is 0.0297. The number of carbonyl (C=O) groups is 4. The van der Waals surface area contributed by atoms with Gasteiger partial charge < -0.3 is 24.3 Å². The molecule has 66 heavy (non-hydrogen) atoms. The topological polar surface area (TPSA) is 128 Å². The third kappa shape index (κ3) is 9.08. The van der Waals surface area contributed by atoms with Crippen LogP contribution in [0, 0.1) is 17.5 Å². The SMILES string of the molecule is C=C(Cl)C(=O)N1CCN(c2ncnc3c(F)c(-c4c(F)cccc4OCCc4ccc(CCN5CCC(c6cc(F)cc7c6CN(C6CCC(=O)NC6=O)C7=O)CC5)cc4)c(Cl)cc23)CC1. The van der Waals surface area contributed by atoms with E-state index < -0.39 is 29.4 Å². The summed E-state index contributed by atoms with van der Waals surface area (Å²) >= 11 is 12.6. The summed E-state index contributed by atoms with van der Waals surface area (Å²) in [4.78, 5) is 65.9. The first-order valence-corrected chi connectivity index (χ1v) is 22.8. The van der Waals surface area contributed by atoms with Crippen LogP contribution in [-0.4, -0.2) is 107 Å². The molecule has 0 spiro atoms. The molecule has 17 heteroatoms. The number of benzene rings is 4. The number of hydrogen-bond acceptors (Lipinski definition) is 9. The Labute approximate surface area is 389 Å². The molecule has 5 aromatic rings. The Morgan fingerprint density at radius 2 is 1.61 bits per heavy atom. The third-order valence-electron chi connectivity index (χ3n) is 13.2. The number of amides is 4. The van der Waals surface area contributed by atoms with E-state index in [9.17, 15) is 23.6 Å². The number of nitrogens with zero attached hydrogens (tertiary/aromatic N) is 6. The van der Waals surface area contributed by atoms with Gasteiger partial charge in [-0.15, -0.1) is 0 Å². The van der Waals surface area contributed by atoms with Gasteiger partial charge in [0.15, 0.2) is 5.82 Å². The highest BCUT2D eigenvalue weighted by molar-refractivity contribution is 6.41. The first kappa shape index (κ1) is 45.1. The molecule has 4 aliphatic rings. The summed E-state index contributed by atoms with van der Waals surface area (Å²) in [6, 6.07) is 16.1. The van der Waals surface area contributed by atoms with Gasteiger partial charge in [-0.25, -0.2) is 23.1 Å². The molecular formula is C49H46Cl2F3N7O5. The maximum Gasteiger partial charge on any atom is 0.264 e. The van der Waals surface area contributed by atoms with Crippen molar-refractivity contribution in [2.75, 3.05) is 57.3 Å². The summed E-state index contributed by atoms with van der Waals surface area (Å²) in [5.41, 5.74) is 3.77. The summed E-state index contributed by atoms with van der Waals surface area (Å²) in [5, 5.41) is 2.57. The normalized spacial score (nSPS) is 18.2. The Hall–Kier alpha value is -6.03. The van der Waals surface area contributed by atoms with Crippen LogP contribution in [0.5, 0.6) is 5.75 Å². The number of nitrogens with one attached hydrogen (secondary N) is 1. The predicted molar refractivity (Wildman–Crippen MR) is 244 cm³/mol. The van der Waals surface area contributed by atoms with E-state index in [0.717, 1.165) is 61.2 Å². The number of carbonyl (C=O) groups excluding carboxylic acids is 4. The third-order valence-corrected chi connectivity index (χ3v) is 13.7. The minimum Gasteiger partial charge on any atom is -0.492 e. The first-order chi connectivity index (χ1) is 31.8. The highest BCUT2D eigenvalue weighted by Crippen LogP contribution is 2.43. The van der Waals surface area contributed by atoms with Crippen molar-refractivity contribution in [1.82, 2.24) is 30.0 Å². The van der Waals surface area contributed by atoms with E-state index in [1.165, 1.54) is 41.6 Å². The van der Waals surface area contributed by atoms with Gasteiger partial charge in [0, 0.05) is 68.6 Å². The van der Waals surface area contributed by atoms with Crippen molar-refractivity contribution in [2.24, 2.45) is 0 Å². The van der Waals surface area contributed by atoms with E-state index in [1.54, 1.807) is 11.0 Å². The van der Waals surface area contributed by atoms with E-state index >= 15 is 8.78 Å². The molecule has 0 bridgehead atoms. The summed E-state index contributed by atoms with van der Waals surface area (Å²) < 4.78 is 53.2. The molecule has 1 N–H and O–H groups in total. The Balaban J connectivity index is 0.791. The van der Waals surface area contributed by atoms with Crippen molar-refractivity contribution >= 4 is 63.6 Å². The number of fused-ring (bicyclic) bond motifs is 2. The number of rotatable bonds is 12. The first-order valence-electron chi connectivity index (χ1n) is 22.0. The lowest BCUT2D eigenvalue weighted by Crippen LogP contribution is -2.52. The molecule has 0 radical (unpaired) electrons. The number of imide groups is 1. The van der Waals surface area contributed by atoms with Gasteiger partial charge in [-0.1, -0.05) is 60.1 Å². The van der Waals surface area contributed by atoms with Crippen LogP contribution >= 0.6 is 23.2 Å². The van der Waals surface area contributed by atoms with Gasteiger partial charge in [0.25, 0.3) is 11.8 Å². The summed E-state index contributed by atoms with van der Waals surface area (Å²) in [6.45, 7) is 7.93. The van der Waals surface area contributed by atoms with Crippen LogP contribution in [0.15, 0.2) is 78.6 Å². The van der Waals surface area contributed by atoms with E-state index in [-0.39, 0.29) is 82.1 Å². The molecule has 0 aliphatic carbocycles. The molecule has 342 valence electrons. The van der Waals surface area contributed by atoms with Crippen molar-refractivity contribution in [2.45, 2.75) is 57.0 Å². The zero-order chi connectivity index (χ0) is 46.2. The van der Waals surface area contributed by atoms with Crippen molar-refractivity contribution < 1.29 is 37.1 Å². The number of anilines is 1. The van der Waals surface area contributed by atoms with E-state index in [1.807, 2.05) is 17.0 Å². The van der Waals surface area contributed by atoms with Crippen molar-refractivity contribution in [3.8, 4) is 16.9 Å². The van der Waals surface area contributed by atoms with Gasteiger partial charge in [0.05, 0.1) is 22.2 Å². The van der Waals surface area contributed by atoms with Crippen LogP contribution in [0.25, 0.3) is 22.0 Å². The quantitative estimate of drug-likeness (QED) is 0.0996.